The summed E-state index contributed by atoms with van der Waals surface area (Å²) in [6.07, 6.45) is 0. The van der Waals surface area contributed by atoms with Gasteiger partial charge in [-0.2, -0.15) is 0 Å². The van der Waals surface area contributed by atoms with E-state index in [1.165, 1.54) is 13.0 Å². The van der Waals surface area contributed by atoms with Gasteiger partial charge >= 0.3 is 0 Å². The Kier molecular flexibility index (Phi) is 4.55. The third kappa shape index (κ3) is 3.12. The van der Waals surface area contributed by atoms with Crippen LogP contribution < -0.4 is 9.90 Å². The molecule has 0 amide bonds. The first-order valence-electron chi connectivity index (χ1n) is 5.44. The molecule has 1 rings (SSSR count). The largest absolute Gasteiger partial charge is 0.395 e. The van der Waals surface area contributed by atoms with Crippen LogP contribution in [0, 0.1) is 18.8 Å². The van der Waals surface area contributed by atoms with Gasteiger partial charge in [0.2, 0.25) is 10.0 Å². The monoisotopic (exact) mass is 273 g/mol. The molecule has 0 unspecified atom stereocenters. The van der Waals surface area contributed by atoms with Crippen molar-refractivity contribution in [1.29, 1.82) is 0 Å². The Morgan fingerprint density at radius 1 is 1.39 bits per heavy atom. The maximum atomic E-state index is 12.1. The van der Waals surface area contributed by atoms with Crippen LogP contribution in [0.25, 0.3) is 0 Å². The van der Waals surface area contributed by atoms with E-state index in [0.717, 1.165) is 5.56 Å². The highest BCUT2D eigenvalue weighted by atomic mass is 32.2. The summed E-state index contributed by atoms with van der Waals surface area (Å²) in [7, 11) is -3.83. The Bertz CT molecular complexity index is 554. The maximum Gasteiger partial charge on any atom is 0.273 e. The summed E-state index contributed by atoms with van der Waals surface area (Å²) in [6.45, 7) is 4.61. The standard InChI is InChI=1S/C11H16N2O4S/c1-7-4-8(2)11(10(5-7)12-15)18(16,17)13-9(3)6-14/h4-5,9,13-14H,6H2,1-3H3/p+1/t9-/m0/s1. The normalized spacial score (nSPS) is 13.3. The number of hydrogen-bond acceptors (Lipinski definition) is 4. The molecule has 7 heteroatoms. The molecular weight excluding hydrogens is 256 g/mol. The lowest BCUT2D eigenvalue weighted by atomic mass is 10.1. The number of sulfonamides is 1. The van der Waals surface area contributed by atoms with E-state index in [0.29, 0.717) is 5.56 Å². The Hall–Kier alpha value is -1.31. The first-order valence-corrected chi connectivity index (χ1v) is 6.92. The number of nitrogens with one attached hydrogen (secondary N) is 2. The lowest BCUT2D eigenvalue weighted by Crippen LogP contribution is -2.57. The number of aliphatic hydroxyl groups is 1. The first-order chi connectivity index (χ1) is 8.31. The Morgan fingerprint density at radius 3 is 2.50 bits per heavy atom. The van der Waals surface area contributed by atoms with Gasteiger partial charge in [-0.1, -0.05) is 6.07 Å². The molecule has 0 aromatic heterocycles. The maximum absolute atomic E-state index is 12.1. The van der Waals surface area contributed by atoms with E-state index < -0.39 is 16.1 Å². The Morgan fingerprint density at radius 2 is 2.00 bits per heavy atom. The molecule has 0 saturated heterocycles. The van der Waals surface area contributed by atoms with Crippen LogP contribution in [-0.4, -0.2) is 26.2 Å². The zero-order valence-corrected chi connectivity index (χ0v) is 11.3. The number of aryl methyl sites for hydroxylation is 2. The van der Waals surface area contributed by atoms with Crippen molar-refractivity contribution in [3.05, 3.63) is 28.2 Å². The average molecular weight is 273 g/mol. The van der Waals surface area contributed by atoms with E-state index in [-0.39, 0.29) is 17.2 Å². The minimum atomic E-state index is -3.83. The quantitative estimate of drug-likeness (QED) is 0.670. The number of hydrogen-bond donors (Lipinski definition) is 3. The minimum Gasteiger partial charge on any atom is -0.395 e. The van der Waals surface area contributed by atoms with Crippen molar-refractivity contribution < 1.29 is 18.7 Å². The van der Waals surface area contributed by atoms with E-state index in [2.05, 4.69) is 4.72 Å². The zero-order valence-electron chi connectivity index (χ0n) is 10.5. The van der Waals surface area contributed by atoms with E-state index in [1.54, 1.807) is 25.1 Å². The molecule has 1 aromatic carbocycles. The molecule has 0 bridgehead atoms. The molecule has 0 aliphatic heterocycles. The summed E-state index contributed by atoms with van der Waals surface area (Å²) in [5, 5.41) is 10.5. The molecule has 0 aliphatic rings. The highest BCUT2D eigenvalue weighted by molar-refractivity contribution is 7.89. The smallest absolute Gasteiger partial charge is 0.273 e. The van der Waals surface area contributed by atoms with Gasteiger partial charge in [-0.15, -0.1) is 0 Å². The number of rotatable bonds is 5. The van der Waals surface area contributed by atoms with E-state index in [9.17, 15) is 13.3 Å². The van der Waals surface area contributed by atoms with Gasteiger partial charge < -0.3 is 5.11 Å². The van der Waals surface area contributed by atoms with Crippen LogP contribution in [0.1, 0.15) is 18.1 Å². The van der Waals surface area contributed by atoms with Crippen molar-refractivity contribution in [3.63, 3.8) is 0 Å². The summed E-state index contributed by atoms with van der Waals surface area (Å²) in [5.41, 5.74) is 1.27. The van der Waals surface area contributed by atoms with Crippen LogP contribution >= 0.6 is 0 Å². The van der Waals surface area contributed by atoms with E-state index in [4.69, 9.17) is 5.11 Å². The van der Waals surface area contributed by atoms with Gasteiger partial charge in [0.1, 0.15) is 0 Å². The second-order valence-corrected chi connectivity index (χ2v) is 5.92. The van der Waals surface area contributed by atoms with Gasteiger partial charge in [-0.3, -0.25) is 0 Å². The predicted octanol–water partition coefficient (Wildman–Crippen LogP) is -0.559. The fourth-order valence-corrected chi connectivity index (χ4v) is 3.34. The molecule has 0 fully saturated rings. The molecule has 6 nitrogen and oxygen atoms in total. The van der Waals surface area contributed by atoms with Crippen LogP contribution in [0.4, 0.5) is 5.69 Å². The molecule has 1 aromatic rings. The molecule has 0 radical (unpaired) electrons. The Balaban J connectivity index is 3.36. The zero-order chi connectivity index (χ0) is 13.9. The number of nitroso groups, excluding NO2 is 1. The average Bonchev–Trinajstić information content (AvgIpc) is 2.26. The molecule has 0 saturated carbocycles. The van der Waals surface area contributed by atoms with Crippen LogP contribution in [0.5, 0.6) is 0 Å². The molecule has 0 heterocycles. The second kappa shape index (κ2) is 5.55. The molecule has 0 aliphatic carbocycles. The topological polar surface area (TPSA) is 97.4 Å². The van der Waals surface area contributed by atoms with Crippen molar-refractivity contribution in [1.82, 2.24) is 4.72 Å². The summed E-state index contributed by atoms with van der Waals surface area (Å²) >= 11 is 0. The molecule has 100 valence electrons. The van der Waals surface area contributed by atoms with Crippen LogP contribution in [0.2, 0.25) is 0 Å². The van der Waals surface area contributed by atoms with Gasteiger partial charge in [0.05, 0.1) is 6.61 Å². The van der Waals surface area contributed by atoms with E-state index >= 15 is 0 Å². The Labute approximate surface area is 106 Å². The highest BCUT2D eigenvalue weighted by Crippen LogP contribution is 2.23. The van der Waals surface area contributed by atoms with Crippen molar-refractivity contribution in [2.45, 2.75) is 31.7 Å². The van der Waals surface area contributed by atoms with Gasteiger partial charge in [0.15, 0.2) is 4.90 Å². The fraction of sp³-hybridized carbons (Fsp3) is 0.455. The summed E-state index contributed by atoms with van der Waals surface area (Å²) in [5.74, 6) is 0. The molecular formula is C11H17N2O4S+. The summed E-state index contributed by atoms with van der Waals surface area (Å²) in [6, 6.07) is 2.53. The van der Waals surface area contributed by atoms with Crippen molar-refractivity contribution in [2.75, 3.05) is 6.61 Å². The SMILES string of the molecule is Cc1cc(C)c(S(=O)(=O)N[C@@H](C)CO)c([NH+]=O)c1. The van der Waals surface area contributed by atoms with Crippen molar-refractivity contribution in [3.8, 4) is 0 Å². The molecule has 18 heavy (non-hydrogen) atoms. The van der Waals surface area contributed by atoms with E-state index in [1.807, 2.05) is 0 Å². The van der Waals surface area contributed by atoms with Crippen LogP contribution in [0.3, 0.4) is 0 Å². The first kappa shape index (κ1) is 14.7. The van der Waals surface area contributed by atoms with Crippen molar-refractivity contribution in [2.24, 2.45) is 0 Å². The molecule has 0 spiro atoms. The number of benzene rings is 1. The lowest BCUT2D eigenvalue weighted by molar-refractivity contribution is -0.382. The fourth-order valence-electron chi connectivity index (χ4n) is 1.75. The van der Waals surface area contributed by atoms with Crippen LogP contribution in [-0.2, 0) is 10.0 Å². The lowest BCUT2D eigenvalue weighted by Gasteiger charge is -2.13. The second-order valence-electron chi connectivity index (χ2n) is 4.27. The molecule has 1 atom stereocenters. The van der Waals surface area contributed by atoms with Gasteiger partial charge in [-0.25, -0.2) is 13.1 Å². The van der Waals surface area contributed by atoms with Crippen LogP contribution in [0.15, 0.2) is 17.0 Å². The predicted molar refractivity (Wildman–Crippen MR) is 66.8 cm³/mol. The summed E-state index contributed by atoms with van der Waals surface area (Å²) in [4.78, 5) is 10.8. The molecule has 3 N–H and O–H groups in total. The highest BCUT2D eigenvalue weighted by Gasteiger charge is 2.27. The van der Waals surface area contributed by atoms with Crippen molar-refractivity contribution >= 4 is 15.7 Å². The van der Waals surface area contributed by atoms with Gasteiger partial charge in [0.25, 0.3) is 5.69 Å². The van der Waals surface area contributed by atoms with Gasteiger partial charge in [0, 0.05) is 22.2 Å². The number of aliphatic hydroxyl groups excluding tert-OH is 1. The third-order valence-corrected chi connectivity index (χ3v) is 4.22. The minimum absolute atomic E-state index is 0.00476. The summed E-state index contributed by atoms with van der Waals surface area (Å²) < 4.78 is 26.5. The van der Waals surface area contributed by atoms with Gasteiger partial charge in [-0.05, 0) is 31.9 Å². The third-order valence-electron chi connectivity index (χ3n) is 2.43.